The molecule has 3 aromatic rings. The first kappa shape index (κ1) is 20.6. The van der Waals surface area contributed by atoms with E-state index in [0.29, 0.717) is 35.3 Å². The van der Waals surface area contributed by atoms with Crippen LogP contribution >= 0.6 is 11.8 Å². The molecular weight excluding hydrogens is 394 g/mol. The molecule has 0 saturated heterocycles. The van der Waals surface area contributed by atoms with Crippen LogP contribution in [0.5, 0.6) is 11.5 Å². The molecule has 152 valence electrons. The van der Waals surface area contributed by atoms with E-state index < -0.39 is 0 Å². The van der Waals surface area contributed by atoms with Gasteiger partial charge in [0.2, 0.25) is 5.91 Å². The Hall–Kier alpha value is -3.14. The summed E-state index contributed by atoms with van der Waals surface area (Å²) in [7, 11) is 3.15. The summed E-state index contributed by atoms with van der Waals surface area (Å²) in [4.78, 5) is 37.2. The second-order valence-electron chi connectivity index (χ2n) is 6.06. The molecule has 2 aromatic heterocycles. The van der Waals surface area contributed by atoms with Crippen LogP contribution < -0.4 is 20.3 Å². The highest BCUT2D eigenvalue weighted by atomic mass is 32.2. The zero-order valence-electron chi connectivity index (χ0n) is 16.3. The van der Waals surface area contributed by atoms with Gasteiger partial charge >= 0.3 is 0 Å². The van der Waals surface area contributed by atoms with Crippen molar-refractivity contribution in [1.29, 1.82) is 0 Å². The molecule has 2 heterocycles. The van der Waals surface area contributed by atoms with Crippen LogP contribution in [0.25, 0.3) is 11.0 Å². The molecule has 1 N–H and O–H groups in total. The quantitative estimate of drug-likeness (QED) is 0.433. The second kappa shape index (κ2) is 9.37. The number of amides is 1. The molecule has 0 spiro atoms. The Bertz CT molecular complexity index is 1090. The molecule has 0 unspecified atom stereocenters. The van der Waals surface area contributed by atoms with Crippen molar-refractivity contribution in [2.24, 2.45) is 0 Å². The Balaban J connectivity index is 1.61. The fourth-order valence-electron chi connectivity index (χ4n) is 2.74. The first-order chi connectivity index (χ1) is 14.0. The lowest BCUT2D eigenvalue weighted by molar-refractivity contribution is -0.121. The van der Waals surface area contributed by atoms with Crippen molar-refractivity contribution in [1.82, 2.24) is 24.8 Å². The molecule has 0 aliphatic carbocycles. The maximum atomic E-state index is 12.5. The Morgan fingerprint density at radius 1 is 1.21 bits per heavy atom. The van der Waals surface area contributed by atoms with Crippen molar-refractivity contribution in [3.05, 3.63) is 46.6 Å². The number of carbonyl (C=O) groups excluding carboxylic acids is 1. The number of fused-ring (bicyclic) bond motifs is 1. The van der Waals surface area contributed by atoms with Gasteiger partial charge in [-0.25, -0.2) is 15.0 Å². The number of benzene rings is 1. The van der Waals surface area contributed by atoms with Crippen LogP contribution in [0.15, 0.2) is 40.7 Å². The van der Waals surface area contributed by atoms with Gasteiger partial charge in [-0.1, -0.05) is 17.8 Å². The third kappa shape index (κ3) is 4.83. The smallest absolute Gasteiger partial charge is 0.264 e. The van der Waals surface area contributed by atoms with Gasteiger partial charge < -0.3 is 14.8 Å². The van der Waals surface area contributed by atoms with E-state index in [1.165, 1.54) is 28.9 Å². The van der Waals surface area contributed by atoms with Crippen molar-refractivity contribution < 1.29 is 14.3 Å². The minimum Gasteiger partial charge on any atom is -0.493 e. The van der Waals surface area contributed by atoms with E-state index in [9.17, 15) is 9.59 Å². The Morgan fingerprint density at radius 2 is 2.00 bits per heavy atom. The van der Waals surface area contributed by atoms with Crippen LogP contribution in [0.3, 0.4) is 0 Å². The second-order valence-corrected chi connectivity index (χ2v) is 6.83. The number of nitrogens with zero attached hydrogens (tertiary/aromatic N) is 4. The van der Waals surface area contributed by atoms with E-state index in [1.807, 2.05) is 24.5 Å². The molecule has 0 atom stereocenters. The SMILES string of the molecule is COc1ccc(CCNC(=O)Cn2cnc3nc(SC)ncc3c2=O)cc1OC. The van der Waals surface area contributed by atoms with E-state index in [2.05, 4.69) is 20.3 Å². The van der Waals surface area contributed by atoms with Crippen molar-refractivity contribution in [2.75, 3.05) is 27.0 Å². The summed E-state index contributed by atoms with van der Waals surface area (Å²) in [5.41, 5.74) is 0.964. The molecule has 0 aliphatic heterocycles. The number of rotatable bonds is 8. The Labute approximate surface area is 171 Å². The highest BCUT2D eigenvalue weighted by molar-refractivity contribution is 7.98. The predicted octanol–water partition coefficient (Wildman–Crippen LogP) is 1.28. The van der Waals surface area contributed by atoms with Gasteiger partial charge in [-0.15, -0.1) is 0 Å². The van der Waals surface area contributed by atoms with Gasteiger partial charge in [-0.3, -0.25) is 14.2 Å². The molecule has 0 radical (unpaired) electrons. The van der Waals surface area contributed by atoms with Crippen LogP contribution in [-0.2, 0) is 17.8 Å². The first-order valence-electron chi connectivity index (χ1n) is 8.79. The van der Waals surface area contributed by atoms with Crippen LogP contribution in [0.1, 0.15) is 5.56 Å². The van der Waals surface area contributed by atoms with Gasteiger partial charge in [0.15, 0.2) is 22.3 Å². The highest BCUT2D eigenvalue weighted by Gasteiger charge is 2.10. The van der Waals surface area contributed by atoms with Gasteiger partial charge in [0.25, 0.3) is 5.56 Å². The number of ether oxygens (including phenoxy) is 2. The molecule has 9 nitrogen and oxygen atoms in total. The molecule has 29 heavy (non-hydrogen) atoms. The zero-order valence-corrected chi connectivity index (χ0v) is 17.2. The summed E-state index contributed by atoms with van der Waals surface area (Å²) in [5, 5.41) is 3.62. The molecule has 0 aliphatic rings. The van der Waals surface area contributed by atoms with Crippen LogP contribution in [-0.4, -0.2) is 52.4 Å². The van der Waals surface area contributed by atoms with Crippen molar-refractivity contribution in [3.63, 3.8) is 0 Å². The maximum Gasteiger partial charge on any atom is 0.264 e. The number of hydrogen-bond acceptors (Lipinski definition) is 8. The summed E-state index contributed by atoms with van der Waals surface area (Å²) in [5.74, 6) is 1.00. The normalized spacial score (nSPS) is 10.7. The van der Waals surface area contributed by atoms with E-state index in [-0.39, 0.29) is 23.4 Å². The van der Waals surface area contributed by atoms with Gasteiger partial charge in [0.05, 0.1) is 14.2 Å². The minimum atomic E-state index is -0.349. The number of carbonyl (C=O) groups is 1. The third-order valence-electron chi connectivity index (χ3n) is 4.24. The van der Waals surface area contributed by atoms with Gasteiger partial charge in [-0.05, 0) is 30.4 Å². The Morgan fingerprint density at radius 3 is 2.72 bits per heavy atom. The summed E-state index contributed by atoms with van der Waals surface area (Å²) < 4.78 is 11.7. The number of aromatic nitrogens is 4. The molecule has 0 saturated carbocycles. The molecule has 10 heteroatoms. The zero-order chi connectivity index (χ0) is 20.8. The van der Waals surface area contributed by atoms with Crippen LogP contribution in [0, 0.1) is 0 Å². The van der Waals surface area contributed by atoms with E-state index in [0.717, 1.165) is 5.56 Å². The van der Waals surface area contributed by atoms with Crippen LogP contribution in [0.4, 0.5) is 0 Å². The van der Waals surface area contributed by atoms with Crippen molar-refractivity contribution in [3.8, 4) is 11.5 Å². The van der Waals surface area contributed by atoms with Crippen LogP contribution in [0.2, 0.25) is 0 Å². The average Bonchev–Trinajstić information content (AvgIpc) is 2.75. The monoisotopic (exact) mass is 415 g/mol. The fraction of sp³-hybridized carbons (Fsp3) is 0.316. The fourth-order valence-corrected chi connectivity index (χ4v) is 3.08. The molecule has 1 amide bonds. The van der Waals surface area contributed by atoms with Gasteiger partial charge in [-0.2, -0.15) is 0 Å². The molecule has 0 fully saturated rings. The number of thioether (sulfide) groups is 1. The van der Waals surface area contributed by atoms with Crippen molar-refractivity contribution in [2.45, 2.75) is 18.1 Å². The molecule has 1 aromatic carbocycles. The summed E-state index contributed by atoms with van der Waals surface area (Å²) >= 11 is 1.37. The molecule has 3 rings (SSSR count). The largest absolute Gasteiger partial charge is 0.493 e. The number of hydrogen-bond donors (Lipinski definition) is 1. The standard InChI is InChI=1S/C19H21N5O4S/c1-27-14-5-4-12(8-15(14)28-2)6-7-20-16(25)10-24-11-22-17-13(18(24)26)9-21-19(23-17)29-3/h4-5,8-9,11H,6-7,10H2,1-3H3,(H,20,25). The Kier molecular flexibility index (Phi) is 6.65. The topological polar surface area (TPSA) is 108 Å². The lowest BCUT2D eigenvalue weighted by atomic mass is 10.1. The van der Waals surface area contributed by atoms with Gasteiger partial charge in [0, 0.05) is 12.7 Å². The summed E-state index contributed by atoms with van der Waals surface area (Å²) in [6.07, 6.45) is 5.22. The van der Waals surface area contributed by atoms with E-state index in [1.54, 1.807) is 14.2 Å². The third-order valence-corrected chi connectivity index (χ3v) is 4.80. The first-order valence-corrected chi connectivity index (χ1v) is 10.0. The minimum absolute atomic E-state index is 0.127. The lowest BCUT2D eigenvalue weighted by Crippen LogP contribution is -2.33. The summed E-state index contributed by atoms with van der Waals surface area (Å²) in [6, 6.07) is 5.60. The molecule has 0 bridgehead atoms. The van der Waals surface area contributed by atoms with E-state index >= 15 is 0 Å². The van der Waals surface area contributed by atoms with E-state index in [4.69, 9.17) is 9.47 Å². The van der Waals surface area contributed by atoms with Gasteiger partial charge in [0.1, 0.15) is 18.3 Å². The number of nitrogens with one attached hydrogen (secondary N) is 1. The molecular formula is C19H21N5O4S. The predicted molar refractivity (Wildman–Crippen MR) is 110 cm³/mol. The summed E-state index contributed by atoms with van der Waals surface area (Å²) in [6.45, 7) is 0.294. The average molecular weight is 415 g/mol. The maximum absolute atomic E-state index is 12.5. The van der Waals surface area contributed by atoms with Crippen molar-refractivity contribution >= 4 is 28.7 Å². The highest BCUT2D eigenvalue weighted by Crippen LogP contribution is 2.27. The lowest BCUT2D eigenvalue weighted by Gasteiger charge is -2.10. The number of methoxy groups -OCH3 is 2.